The van der Waals surface area contributed by atoms with Gasteiger partial charge in [0.1, 0.15) is 5.75 Å². The molecule has 0 spiro atoms. The Kier molecular flexibility index (Phi) is 5.66. The quantitative estimate of drug-likeness (QED) is 0.454. The first-order valence-corrected chi connectivity index (χ1v) is 5.89. The Morgan fingerprint density at radius 1 is 1.37 bits per heavy atom. The lowest BCUT2D eigenvalue weighted by atomic mass is 10.1. The van der Waals surface area contributed by atoms with Gasteiger partial charge in [-0.15, -0.1) is 0 Å². The van der Waals surface area contributed by atoms with Crippen LogP contribution < -0.4 is 15.8 Å². The summed E-state index contributed by atoms with van der Waals surface area (Å²) in [4.78, 5) is 22.8. The molecule has 1 rings (SSSR count). The fourth-order valence-corrected chi connectivity index (χ4v) is 1.44. The highest BCUT2D eigenvalue weighted by Crippen LogP contribution is 2.20. The molecule has 0 atom stereocenters. The molecule has 0 saturated carbocycles. The highest BCUT2D eigenvalue weighted by Gasteiger charge is 2.12. The molecule has 104 valence electrons. The Morgan fingerprint density at radius 3 is 2.74 bits per heavy atom. The van der Waals surface area contributed by atoms with Crippen molar-refractivity contribution in [2.45, 2.75) is 12.8 Å². The summed E-state index contributed by atoms with van der Waals surface area (Å²) in [6, 6.07) is 4.77. The SMILES string of the molecule is CNC(=O)CCCOC(=O)c1cc(OC)ccc1N. The Morgan fingerprint density at radius 2 is 2.11 bits per heavy atom. The van der Waals surface area contributed by atoms with Gasteiger partial charge < -0.3 is 20.5 Å². The van der Waals surface area contributed by atoms with E-state index >= 15 is 0 Å². The molecule has 0 fully saturated rings. The van der Waals surface area contributed by atoms with E-state index in [2.05, 4.69) is 5.32 Å². The topological polar surface area (TPSA) is 90.6 Å². The lowest BCUT2D eigenvalue weighted by molar-refractivity contribution is -0.120. The number of nitrogen functional groups attached to an aromatic ring is 1. The number of hydrogen-bond donors (Lipinski definition) is 2. The zero-order valence-corrected chi connectivity index (χ0v) is 11.1. The van der Waals surface area contributed by atoms with E-state index in [1.54, 1.807) is 19.2 Å². The summed E-state index contributed by atoms with van der Waals surface area (Å²) in [6.45, 7) is 0.170. The summed E-state index contributed by atoms with van der Waals surface area (Å²) in [6.07, 6.45) is 0.784. The van der Waals surface area contributed by atoms with Gasteiger partial charge in [0.2, 0.25) is 5.91 Å². The third kappa shape index (κ3) is 4.50. The monoisotopic (exact) mass is 266 g/mol. The van der Waals surface area contributed by atoms with Crippen LogP contribution in [0.2, 0.25) is 0 Å². The highest BCUT2D eigenvalue weighted by atomic mass is 16.5. The summed E-state index contributed by atoms with van der Waals surface area (Å²) in [5, 5.41) is 2.49. The van der Waals surface area contributed by atoms with Crippen LogP contribution in [0.25, 0.3) is 0 Å². The molecular formula is C13H18N2O4. The molecule has 0 aliphatic rings. The lowest BCUT2D eigenvalue weighted by Gasteiger charge is -2.08. The van der Waals surface area contributed by atoms with Crippen molar-refractivity contribution in [2.24, 2.45) is 0 Å². The van der Waals surface area contributed by atoms with E-state index in [1.807, 2.05) is 0 Å². The van der Waals surface area contributed by atoms with Crippen molar-refractivity contribution in [3.8, 4) is 5.75 Å². The van der Waals surface area contributed by atoms with Gasteiger partial charge in [-0.3, -0.25) is 4.79 Å². The summed E-state index contributed by atoms with van der Waals surface area (Å²) in [5.74, 6) is -0.0724. The molecular weight excluding hydrogens is 248 g/mol. The Hall–Kier alpha value is -2.24. The number of nitrogens with one attached hydrogen (secondary N) is 1. The number of nitrogens with two attached hydrogens (primary N) is 1. The van der Waals surface area contributed by atoms with Gasteiger partial charge in [0.15, 0.2) is 0 Å². The molecule has 19 heavy (non-hydrogen) atoms. The predicted molar refractivity (Wildman–Crippen MR) is 71.0 cm³/mol. The molecule has 0 saturated heterocycles. The molecule has 0 aromatic heterocycles. The Balaban J connectivity index is 2.51. The van der Waals surface area contributed by atoms with Crippen LogP contribution in [-0.4, -0.2) is 32.6 Å². The van der Waals surface area contributed by atoms with Gasteiger partial charge in [0, 0.05) is 19.2 Å². The van der Waals surface area contributed by atoms with Gasteiger partial charge in [-0.05, 0) is 24.6 Å². The molecule has 1 aromatic carbocycles. The second-order valence-corrected chi connectivity index (χ2v) is 3.87. The number of carbonyl (C=O) groups is 2. The number of rotatable bonds is 6. The largest absolute Gasteiger partial charge is 0.497 e. The van der Waals surface area contributed by atoms with Gasteiger partial charge in [-0.25, -0.2) is 4.79 Å². The van der Waals surface area contributed by atoms with Crippen molar-refractivity contribution in [3.63, 3.8) is 0 Å². The molecule has 1 amide bonds. The number of hydrogen-bond acceptors (Lipinski definition) is 5. The van der Waals surface area contributed by atoms with Crippen molar-refractivity contribution >= 4 is 17.6 Å². The fraction of sp³-hybridized carbons (Fsp3) is 0.385. The van der Waals surface area contributed by atoms with E-state index in [4.69, 9.17) is 15.2 Å². The fourth-order valence-electron chi connectivity index (χ4n) is 1.44. The molecule has 1 aromatic rings. The zero-order valence-electron chi connectivity index (χ0n) is 11.1. The molecule has 3 N–H and O–H groups in total. The minimum Gasteiger partial charge on any atom is -0.497 e. The molecule has 0 aliphatic heterocycles. The molecule has 0 bridgehead atoms. The molecule has 6 nitrogen and oxygen atoms in total. The van der Waals surface area contributed by atoms with E-state index in [1.165, 1.54) is 13.2 Å². The van der Waals surface area contributed by atoms with Crippen LogP contribution in [0.3, 0.4) is 0 Å². The molecule has 6 heteroatoms. The number of benzene rings is 1. The third-order valence-corrected chi connectivity index (χ3v) is 2.54. The maximum Gasteiger partial charge on any atom is 0.340 e. The number of methoxy groups -OCH3 is 1. The summed E-state index contributed by atoms with van der Waals surface area (Å²) < 4.78 is 10.1. The molecule has 0 radical (unpaired) electrons. The van der Waals surface area contributed by atoms with Crippen LogP contribution in [0.15, 0.2) is 18.2 Å². The number of anilines is 1. The maximum atomic E-state index is 11.8. The van der Waals surface area contributed by atoms with Crippen molar-refractivity contribution in [1.82, 2.24) is 5.32 Å². The van der Waals surface area contributed by atoms with Crippen molar-refractivity contribution in [2.75, 3.05) is 26.5 Å². The maximum absolute atomic E-state index is 11.8. The van der Waals surface area contributed by atoms with E-state index in [0.29, 0.717) is 24.3 Å². The van der Waals surface area contributed by atoms with Crippen molar-refractivity contribution < 1.29 is 19.1 Å². The number of ether oxygens (including phenoxy) is 2. The molecule has 0 unspecified atom stereocenters. The number of amides is 1. The van der Waals surface area contributed by atoms with Crippen molar-refractivity contribution in [1.29, 1.82) is 0 Å². The van der Waals surface area contributed by atoms with Gasteiger partial charge in [0.25, 0.3) is 0 Å². The second-order valence-electron chi connectivity index (χ2n) is 3.87. The standard InChI is InChI=1S/C13H18N2O4/c1-15-12(16)4-3-7-19-13(17)10-8-9(18-2)5-6-11(10)14/h5-6,8H,3-4,7,14H2,1-2H3,(H,15,16). The first-order valence-electron chi connectivity index (χ1n) is 5.89. The Bertz CT molecular complexity index is 460. The van der Waals surface area contributed by atoms with E-state index in [-0.39, 0.29) is 18.1 Å². The smallest absolute Gasteiger partial charge is 0.340 e. The molecule has 0 aliphatic carbocycles. The van der Waals surface area contributed by atoms with Crippen LogP contribution in [0.4, 0.5) is 5.69 Å². The van der Waals surface area contributed by atoms with E-state index in [0.717, 1.165) is 0 Å². The summed E-state index contributed by atoms with van der Waals surface area (Å²) >= 11 is 0. The van der Waals surface area contributed by atoms with Crippen LogP contribution in [0.1, 0.15) is 23.2 Å². The average molecular weight is 266 g/mol. The second kappa shape index (κ2) is 7.25. The average Bonchev–Trinajstić information content (AvgIpc) is 2.43. The number of carbonyl (C=O) groups excluding carboxylic acids is 2. The van der Waals surface area contributed by atoms with Crippen LogP contribution in [-0.2, 0) is 9.53 Å². The van der Waals surface area contributed by atoms with E-state index < -0.39 is 5.97 Å². The predicted octanol–water partition coefficient (Wildman–Crippen LogP) is 0.960. The van der Waals surface area contributed by atoms with Gasteiger partial charge in [-0.1, -0.05) is 0 Å². The minimum atomic E-state index is -0.520. The highest BCUT2D eigenvalue weighted by molar-refractivity contribution is 5.95. The van der Waals surface area contributed by atoms with E-state index in [9.17, 15) is 9.59 Å². The minimum absolute atomic E-state index is 0.0862. The first-order chi connectivity index (χ1) is 9.08. The normalized spacial score (nSPS) is 9.79. The first kappa shape index (κ1) is 14.8. The summed E-state index contributed by atoms with van der Waals surface area (Å²) in [7, 11) is 3.06. The van der Waals surface area contributed by atoms with Crippen LogP contribution in [0.5, 0.6) is 5.75 Å². The van der Waals surface area contributed by atoms with Gasteiger partial charge in [-0.2, -0.15) is 0 Å². The van der Waals surface area contributed by atoms with Gasteiger partial charge >= 0.3 is 5.97 Å². The lowest BCUT2D eigenvalue weighted by Crippen LogP contribution is -2.18. The van der Waals surface area contributed by atoms with Crippen LogP contribution >= 0.6 is 0 Å². The van der Waals surface area contributed by atoms with Crippen LogP contribution in [0, 0.1) is 0 Å². The number of esters is 1. The van der Waals surface area contributed by atoms with Gasteiger partial charge in [0.05, 0.1) is 19.3 Å². The Labute approximate surface area is 111 Å². The van der Waals surface area contributed by atoms with Crippen molar-refractivity contribution in [3.05, 3.63) is 23.8 Å². The summed E-state index contributed by atoms with van der Waals surface area (Å²) in [5.41, 5.74) is 6.29. The zero-order chi connectivity index (χ0) is 14.3. The molecule has 0 heterocycles. The third-order valence-electron chi connectivity index (χ3n) is 2.54.